The number of carboxylic acid groups (broad SMARTS) is 1. The third-order valence-corrected chi connectivity index (χ3v) is 6.51. The molecular weight excluding hydrogens is 316 g/mol. The van der Waals surface area contributed by atoms with E-state index in [2.05, 4.69) is 10.6 Å². The highest BCUT2D eigenvalue weighted by atomic mass is 32.2. The molecule has 0 aromatic carbocycles. The summed E-state index contributed by atoms with van der Waals surface area (Å²) in [5.41, 5.74) is 0. The number of nitrogens with one attached hydrogen (secondary N) is 2. The number of aliphatic carboxylic acids is 1. The van der Waals surface area contributed by atoms with Gasteiger partial charge >= 0.3 is 12.0 Å². The lowest BCUT2D eigenvalue weighted by Gasteiger charge is -2.21. The molecule has 1 saturated heterocycles. The highest BCUT2D eigenvalue weighted by Gasteiger charge is 2.23. The van der Waals surface area contributed by atoms with Crippen molar-refractivity contribution in [1.29, 1.82) is 0 Å². The third kappa shape index (κ3) is 4.60. The molecule has 20 heavy (non-hydrogen) atoms. The van der Waals surface area contributed by atoms with Crippen LogP contribution in [0.15, 0.2) is 17.5 Å². The molecule has 3 N–H and O–H groups in total. The van der Waals surface area contributed by atoms with Crippen LogP contribution in [-0.2, 0) is 4.79 Å². The van der Waals surface area contributed by atoms with Crippen molar-refractivity contribution in [3.63, 3.8) is 0 Å². The topological polar surface area (TPSA) is 78.4 Å². The molecule has 1 aliphatic heterocycles. The minimum Gasteiger partial charge on any atom is -0.479 e. The quantitative estimate of drug-likeness (QED) is 0.769. The van der Waals surface area contributed by atoms with Crippen LogP contribution in [-0.4, -0.2) is 46.2 Å². The van der Waals surface area contributed by atoms with Crippen molar-refractivity contribution in [3.05, 3.63) is 22.4 Å². The van der Waals surface area contributed by atoms with Gasteiger partial charge in [-0.05, 0) is 11.4 Å². The third-order valence-electron chi connectivity index (χ3n) is 2.73. The van der Waals surface area contributed by atoms with E-state index in [1.54, 1.807) is 17.5 Å². The van der Waals surface area contributed by atoms with Crippen LogP contribution in [0.25, 0.3) is 0 Å². The number of thioether (sulfide) groups is 2. The van der Waals surface area contributed by atoms with E-state index in [0.717, 1.165) is 17.3 Å². The Kier molecular flexibility index (Phi) is 6.06. The zero-order valence-electron chi connectivity index (χ0n) is 10.7. The van der Waals surface area contributed by atoms with Gasteiger partial charge in [-0.15, -0.1) is 11.3 Å². The Hall–Kier alpha value is -0.860. The van der Waals surface area contributed by atoms with Gasteiger partial charge in [0.05, 0.1) is 0 Å². The second-order valence-electron chi connectivity index (χ2n) is 4.21. The van der Waals surface area contributed by atoms with Gasteiger partial charge in [0.1, 0.15) is 0 Å². The van der Waals surface area contributed by atoms with E-state index in [-0.39, 0.29) is 0 Å². The van der Waals surface area contributed by atoms with E-state index < -0.39 is 18.0 Å². The molecule has 2 atom stereocenters. The molecule has 0 saturated carbocycles. The van der Waals surface area contributed by atoms with Gasteiger partial charge in [-0.1, -0.05) is 6.07 Å². The Balaban J connectivity index is 1.81. The normalized spacial score (nSPS) is 20.1. The summed E-state index contributed by atoms with van der Waals surface area (Å²) in [6.07, 6.45) is 0. The first-order valence-electron chi connectivity index (χ1n) is 6.16. The number of hydrogen-bond acceptors (Lipinski definition) is 5. The summed E-state index contributed by atoms with van der Waals surface area (Å²) < 4.78 is 0. The van der Waals surface area contributed by atoms with Gasteiger partial charge in [-0.3, -0.25) is 0 Å². The molecule has 0 bridgehead atoms. The molecule has 1 fully saturated rings. The molecular formula is C12H16N2O3S3. The number of carboxylic acids is 1. The van der Waals surface area contributed by atoms with Crippen molar-refractivity contribution < 1.29 is 14.7 Å². The molecule has 0 radical (unpaired) electrons. The van der Waals surface area contributed by atoms with E-state index in [4.69, 9.17) is 5.11 Å². The van der Waals surface area contributed by atoms with E-state index in [1.165, 1.54) is 11.3 Å². The van der Waals surface area contributed by atoms with Gasteiger partial charge in [0.25, 0.3) is 0 Å². The number of rotatable bonds is 5. The van der Waals surface area contributed by atoms with Crippen molar-refractivity contribution in [2.45, 2.75) is 11.3 Å². The minimum absolute atomic E-state index is 0.407. The number of urea groups is 1. The van der Waals surface area contributed by atoms with Crippen molar-refractivity contribution in [2.75, 3.05) is 23.8 Å². The van der Waals surface area contributed by atoms with Crippen LogP contribution in [0.5, 0.6) is 0 Å². The van der Waals surface area contributed by atoms with Gasteiger partial charge in [0.15, 0.2) is 6.04 Å². The monoisotopic (exact) mass is 332 g/mol. The number of carbonyl (C=O) groups excluding carboxylic acids is 1. The molecule has 1 aromatic heterocycles. The molecule has 2 amide bonds. The van der Waals surface area contributed by atoms with Gasteiger partial charge < -0.3 is 15.7 Å². The summed E-state index contributed by atoms with van der Waals surface area (Å²) in [5, 5.41) is 16.6. The van der Waals surface area contributed by atoms with E-state index >= 15 is 0 Å². The van der Waals surface area contributed by atoms with Gasteiger partial charge in [-0.2, -0.15) is 23.5 Å². The molecule has 8 heteroatoms. The first-order valence-corrected chi connectivity index (χ1v) is 9.25. The van der Waals surface area contributed by atoms with Crippen molar-refractivity contribution in [2.24, 2.45) is 0 Å². The van der Waals surface area contributed by atoms with Gasteiger partial charge in [0, 0.05) is 33.9 Å². The van der Waals surface area contributed by atoms with Crippen LogP contribution in [0.1, 0.15) is 10.9 Å². The molecule has 110 valence electrons. The summed E-state index contributed by atoms with van der Waals surface area (Å²) in [5.74, 6) is 2.24. The van der Waals surface area contributed by atoms with Crippen molar-refractivity contribution in [3.8, 4) is 0 Å². The van der Waals surface area contributed by atoms with Crippen LogP contribution < -0.4 is 10.6 Å². The van der Waals surface area contributed by atoms with Gasteiger partial charge in [-0.25, -0.2) is 9.59 Å². The predicted octanol–water partition coefficient (Wildman–Crippen LogP) is 2.02. The minimum atomic E-state index is -1.05. The van der Waals surface area contributed by atoms with E-state index in [1.807, 2.05) is 23.5 Å². The maximum Gasteiger partial charge on any atom is 0.331 e. The Morgan fingerprint density at radius 2 is 2.30 bits per heavy atom. The van der Waals surface area contributed by atoms with Crippen LogP contribution >= 0.6 is 34.9 Å². The Labute approximate surface area is 129 Å². The summed E-state index contributed by atoms with van der Waals surface area (Å²) in [6, 6.07) is 2.06. The number of amides is 2. The predicted molar refractivity (Wildman–Crippen MR) is 84.8 cm³/mol. The van der Waals surface area contributed by atoms with Crippen LogP contribution in [0, 0.1) is 0 Å². The lowest BCUT2D eigenvalue weighted by atomic mass is 10.2. The second-order valence-corrected chi connectivity index (χ2v) is 7.75. The largest absolute Gasteiger partial charge is 0.479 e. The number of hydrogen-bond donors (Lipinski definition) is 3. The second kappa shape index (κ2) is 7.80. The zero-order chi connectivity index (χ0) is 14.4. The number of thiophene rings is 1. The Bertz CT molecular complexity index is 447. The standard InChI is InChI=1S/C12H16N2O3S3/c15-11(16)10(9-2-1-3-20-9)14-12(17)13-6-8-7-18-4-5-19-8/h1-3,8,10H,4-7H2,(H,15,16)(H2,13,14,17). The molecule has 1 aromatic rings. The smallest absolute Gasteiger partial charge is 0.331 e. The lowest BCUT2D eigenvalue weighted by molar-refractivity contribution is -0.139. The zero-order valence-corrected chi connectivity index (χ0v) is 13.2. The fraction of sp³-hybridized carbons (Fsp3) is 0.500. The van der Waals surface area contributed by atoms with Gasteiger partial charge in [0.2, 0.25) is 0 Å². The molecule has 5 nitrogen and oxygen atoms in total. The first kappa shape index (κ1) is 15.5. The Morgan fingerprint density at radius 1 is 1.45 bits per heavy atom. The molecule has 2 rings (SSSR count). The average Bonchev–Trinajstić information content (AvgIpc) is 2.97. The van der Waals surface area contributed by atoms with Crippen molar-refractivity contribution >= 4 is 46.9 Å². The highest BCUT2D eigenvalue weighted by Crippen LogP contribution is 2.23. The first-order chi connectivity index (χ1) is 9.66. The summed E-state index contributed by atoms with van der Waals surface area (Å²) in [6.45, 7) is 0.570. The summed E-state index contributed by atoms with van der Waals surface area (Å²) in [4.78, 5) is 23.6. The Morgan fingerprint density at radius 3 is 2.90 bits per heavy atom. The molecule has 1 aliphatic rings. The maximum absolute atomic E-state index is 11.8. The lowest BCUT2D eigenvalue weighted by Crippen LogP contribution is -2.43. The van der Waals surface area contributed by atoms with Crippen LogP contribution in [0.2, 0.25) is 0 Å². The highest BCUT2D eigenvalue weighted by molar-refractivity contribution is 8.06. The summed E-state index contributed by atoms with van der Waals surface area (Å²) >= 11 is 5.05. The summed E-state index contributed by atoms with van der Waals surface area (Å²) in [7, 11) is 0. The van der Waals surface area contributed by atoms with Crippen molar-refractivity contribution in [1.82, 2.24) is 10.6 Å². The fourth-order valence-electron chi connectivity index (χ4n) is 1.75. The van der Waals surface area contributed by atoms with Crippen LogP contribution in [0.4, 0.5) is 4.79 Å². The number of carbonyl (C=O) groups is 2. The van der Waals surface area contributed by atoms with E-state index in [9.17, 15) is 9.59 Å². The van der Waals surface area contributed by atoms with E-state index in [0.29, 0.717) is 16.7 Å². The average molecular weight is 332 g/mol. The SMILES string of the molecule is O=C(NCC1CSCCS1)NC(C(=O)O)c1cccs1. The molecule has 2 unspecified atom stereocenters. The fourth-order valence-corrected chi connectivity index (χ4v) is 5.13. The maximum atomic E-state index is 11.8. The molecule has 2 heterocycles. The molecule has 0 aliphatic carbocycles. The molecule has 0 spiro atoms. The van der Waals surface area contributed by atoms with Crippen LogP contribution in [0.3, 0.4) is 0 Å².